The Bertz CT molecular complexity index is 445. The molecule has 0 heterocycles. The average molecular weight is 265 g/mol. The van der Waals surface area contributed by atoms with Crippen molar-refractivity contribution in [2.24, 2.45) is 5.11 Å². The van der Waals surface area contributed by atoms with Gasteiger partial charge in [0.05, 0.1) is 12.2 Å². The molecule has 0 fully saturated rings. The van der Waals surface area contributed by atoms with E-state index in [4.69, 9.17) is 10.3 Å². The number of ether oxygens (including phenoxy) is 1. The molecule has 2 N–H and O–H groups in total. The monoisotopic (exact) mass is 265 g/mol. The van der Waals surface area contributed by atoms with Crippen molar-refractivity contribution >= 4 is 0 Å². The summed E-state index contributed by atoms with van der Waals surface area (Å²) in [6.07, 6.45) is -1.89. The molecule has 0 aliphatic heterocycles. The van der Waals surface area contributed by atoms with Gasteiger partial charge in [-0.3, -0.25) is 0 Å². The van der Waals surface area contributed by atoms with E-state index in [1.54, 1.807) is 24.3 Å². The van der Waals surface area contributed by atoms with Crippen LogP contribution in [0.5, 0.6) is 5.75 Å². The Morgan fingerprint density at radius 3 is 2.63 bits per heavy atom. The second-order valence-corrected chi connectivity index (χ2v) is 4.46. The van der Waals surface area contributed by atoms with E-state index in [0.29, 0.717) is 11.3 Å². The third-order valence-electron chi connectivity index (χ3n) is 2.55. The first-order valence-corrected chi connectivity index (χ1v) is 6.18. The number of aliphatic hydroxyl groups is 2. The Balaban J connectivity index is 2.79. The fourth-order valence-corrected chi connectivity index (χ4v) is 1.69. The molecule has 0 aliphatic carbocycles. The van der Waals surface area contributed by atoms with E-state index in [9.17, 15) is 10.2 Å². The van der Waals surface area contributed by atoms with E-state index >= 15 is 0 Å². The number of benzene rings is 1. The SMILES string of the molecule is CC(C)Oc1ccccc1C(O)C(O)CCN=[N+]=[N-]. The van der Waals surface area contributed by atoms with Gasteiger partial charge in [-0.1, -0.05) is 23.3 Å². The Kier molecular flexibility index (Phi) is 6.15. The fraction of sp³-hybridized carbons (Fsp3) is 0.538. The van der Waals surface area contributed by atoms with Crippen LogP contribution in [0.3, 0.4) is 0 Å². The normalized spacial score (nSPS) is 13.7. The van der Waals surface area contributed by atoms with Gasteiger partial charge in [-0.15, -0.1) is 0 Å². The van der Waals surface area contributed by atoms with Gasteiger partial charge in [-0.2, -0.15) is 0 Å². The van der Waals surface area contributed by atoms with E-state index in [0.717, 1.165) is 0 Å². The maximum atomic E-state index is 10.1. The summed E-state index contributed by atoms with van der Waals surface area (Å²) in [7, 11) is 0. The lowest BCUT2D eigenvalue weighted by Gasteiger charge is -2.21. The van der Waals surface area contributed by atoms with Crippen molar-refractivity contribution in [2.45, 2.75) is 38.6 Å². The lowest BCUT2D eigenvalue weighted by molar-refractivity contribution is 0.0129. The highest BCUT2D eigenvalue weighted by Gasteiger charge is 2.21. The molecule has 6 nitrogen and oxygen atoms in total. The molecule has 0 amide bonds. The van der Waals surface area contributed by atoms with Gasteiger partial charge in [0.2, 0.25) is 0 Å². The topological polar surface area (TPSA) is 98.5 Å². The number of aliphatic hydroxyl groups excluding tert-OH is 2. The van der Waals surface area contributed by atoms with E-state index in [2.05, 4.69) is 10.0 Å². The van der Waals surface area contributed by atoms with Crippen molar-refractivity contribution < 1.29 is 14.9 Å². The van der Waals surface area contributed by atoms with E-state index in [-0.39, 0.29) is 19.1 Å². The molecule has 0 saturated heterocycles. The zero-order chi connectivity index (χ0) is 14.3. The molecule has 1 aromatic carbocycles. The zero-order valence-corrected chi connectivity index (χ0v) is 11.1. The van der Waals surface area contributed by atoms with Gasteiger partial charge in [0.15, 0.2) is 0 Å². The number of para-hydroxylation sites is 1. The Hall–Kier alpha value is -1.75. The highest BCUT2D eigenvalue weighted by atomic mass is 16.5. The molecule has 0 radical (unpaired) electrons. The van der Waals surface area contributed by atoms with Gasteiger partial charge in [0, 0.05) is 17.0 Å². The minimum Gasteiger partial charge on any atom is -0.491 e. The summed E-state index contributed by atoms with van der Waals surface area (Å²) in [5.74, 6) is 0.549. The van der Waals surface area contributed by atoms with Crippen molar-refractivity contribution in [2.75, 3.05) is 6.54 Å². The second kappa shape index (κ2) is 7.63. The number of hydrogen-bond donors (Lipinski definition) is 2. The van der Waals surface area contributed by atoms with Crippen LogP contribution in [-0.4, -0.2) is 29.0 Å². The Labute approximate surface area is 112 Å². The first-order chi connectivity index (χ1) is 9.06. The quantitative estimate of drug-likeness (QED) is 0.450. The molecule has 19 heavy (non-hydrogen) atoms. The minimum atomic E-state index is -1.07. The molecule has 0 bridgehead atoms. The summed E-state index contributed by atoms with van der Waals surface area (Å²) in [5, 5.41) is 23.3. The number of rotatable bonds is 7. The Morgan fingerprint density at radius 2 is 2.00 bits per heavy atom. The maximum absolute atomic E-state index is 10.1. The van der Waals surface area contributed by atoms with Gasteiger partial charge in [0.25, 0.3) is 0 Å². The van der Waals surface area contributed by atoms with Crippen LogP contribution < -0.4 is 4.74 Å². The average Bonchev–Trinajstić information content (AvgIpc) is 2.38. The lowest BCUT2D eigenvalue weighted by Crippen LogP contribution is -2.20. The van der Waals surface area contributed by atoms with E-state index < -0.39 is 12.2 Å². The molecule has 0 aromatic heterocycles. The smallest absolute Gasteiger partial charge is 0.125 e. The largest absolute Gasteiger partial charge is 0.491 e. The Morgan fingerprint density at radius 1 is 1.32 bits per heavy atom. The molecule has 1 rings (SSSR count). The summed E-state index contributed by atoms with van der Waals surface area (Å²) in [6, 6.07) is 7.03. The van der Waals surface area contributed by atoms with Crippen LogP contribution in [0.15, 0.2) is 29.4 Å². The summed E-state index contributed by atoms with van der Waals surface area (Å²) in [6.45, 7) is 3.92. The van der Waals surface area contributed by atoms with Gasteiger partial charge in [-0.25, -0.2) is 0 Å². The van der Waals surface area contributed by atoms with E-state index in [1.807, 2.05) is 13.8 Å². The second-order valence-electron chi connectivity index (χ2n) is 4.46. The summed E-state index contributed by atoms with van der Waals surface area (Å²) in [5.41, 5.74) is 8.70. The summed E-state index contributed by atoms with van der Waals surface area (Å²) < 4.78 is 5.59. The third-order valence-corrected chi connectivity index (χ3v) is 2.55. The molecular formula is C13H19N3O3. The van der Waals surface area contributed by atoms with Crippen LogP contribution in [0, 0.1) is 0 Å². The van der Waals surface area contributed by atoms with Crippen LogP contribution in [0.25, 0.3) is 10.4 Å². The summed E-state index contributed by atoms with van der Waals surface area (Å²) in [4.78, 5) is 2.60. The number of nitrogens with zero attached hydrogens (tertiary/aromatic N) is 3. The summed E-state index contributed by atoms with van der Waals surface area (Å²) >= 11 is 0. The highest BCUT2D eigenvalue weighted by molar-refractivity contribution is 5.35. The maximum Gasteiger partial charge on any atom is 0.125 e. The predicted molar refractivity (Wildman–Crippen MR) is 71.8 cm³/mol. The lowest BCUT2D eigenvalue weighted by atomic mass is 10.0. The van der Waals surface area contributed by atoms with Gasteiger partial charge in [0.1, 0.15) is 11.9 Å². The van der Waals surface area contributed by atoms with Gasteiger partial charge in [-0.05, 0) is 31.9 Å². The molecule has 2 unspecified atom stereocenters. The van der Waals surface area contributed by atoms with Crippen molar-refractivity contribution in [3.8, 4) is 5.75 Å². The molecule has 6 heteroatoms. The van der Waals surface area contributed by atoms with Crippen molar-refractivity contribution in [1.29, 1.82) is 0 Å². The van der Waals surface area contributed by atoms with Crippen molar-refractivity contribution in [3.63, 3.8) is 0 Å². The zero-order valence-electron chi connectivity index (χ0n) is 11.1. The number of azide groups is 1. The first-order valence-electron chi connectivity index (χ1n) is 6.18. The highest BCUT2D eigenvalue weighted by Crippen LogP contribution is 2.29. The minimum absolute atomic E-state index is 0.0197. The number of hydrogen-bond acceptors (Lipinski definition) is 4. The molecule has 104 valence electrons. The van der Waals surface area contributed by atoms with Crippen LogP contribution in [0.2, 0.25) is 0 Å². The fourth-order valence-electron chi connectivity index (χ4n) is 1.69. The van der Waals surface area contributed by atoms with Gasteiger partial charge >= 0.3 is 0 Å². The van der Waals surface area contributed by atoms with Crippen LogP contribution in [0.1, 0.15) is 31.9 Å². The van der Waals surface area contributed by atoms with Gasteiger partial charge < -0.3 is 14.9 Å². The molecule has 2 atom stereocenters. The third kappa shape index (κ3) is 4.79. The first kappa shape index (κ1) is 15.3. The van der Waals surface area contributed by atoms with Crippen LogP contribution in [-0.2, 0) is 0 Å². The predicted octanol–water partition coefficient (Wildman–Crippen LogP) is 2.57. The molecule has 0 saturated carbocycles. The molecular weight excluding hydrogens is 246 g/mol. The van der Waals surface area contributed by atoms with E-state index in [1.165, 1.54) is 0 Å². The molecule has 0 aliphatic rings. The van der Waals surface area contributed by atoms with Crippen LogP contribution >= 0.6 is 0 Å². The standard InChI is InChI=1S/C13H19N3O3/c1-9(2)19-12-6-4-3-5-10(12)13(18)11(17)7-8-15-16-14/h3-6,9,11,13,17-18H,7-8H2,1-2H3. The van der Waals surface area contributed by atoms with Crippen LogP contribution in [0.4, 0.5) is 0 Å². The molecule has 0 spiro atoms. The van der Waals surface area contributed by atoms with Crippen molar-refractivity contribution in [3.05, 3.63) is 40.3 Å². The molecule has 1 aromatic rings. The van der Waals surface area contributed by atoms with Crippen molar-refractivity contribution in [1.82, 2.24) is 0 Å².